The van der Waals surface area contributed by atoms with E-state index in [0.29, 0.717) is 6.61 Å². The van der Waals surface area contributed by atoms with E-state index in [1.165, 1.54) is 0 Å². The number of aryl methyl sites for hydroxylation is 1. The van der Waals surface area contributed by atoms with Gasteiger partial charge in [0.25, 0.3) is 0 Å². The van der Waals surface area contributed by atoms with Crippen LogP contribution in [0.3, 0.4) is 0 Å². The van der Waals surface area contributed by atoms with Gasteiger partial charge >= 0.3 is 5.97 Å². The fourth-order valence-electron chi connectivity index (χ4n) is 1.34. The molecule has 16 heavy (non-hydrogen) atoms. The predicted molar refractivity (Wildman–Crippen MR) is 62.9 cm³/mol. The third kappa shape index (κ3) is 3.46. The molecule has 0 amide bonds. The second-order valence-corrected chi connectivity index (χ2v) is 3.34. The average Bonchev–Trinajstić information content (AvgIpc) is 2.27. The first kappa shape index (κ1) is 12.4. The van der Waals surface area contributed by atoms with Crippen LogP contribution in [0.25, 0.3) is 0 Å². The summed E-state index contributed by atoms with van der Waals surface area (Å²) in [6, 6.07) is 5.64. The van der Waals surface area contributed by atoms with E-state index in [1.807, 2.05) is 25.1 Å². The summed E-state index contributed by atoms with van der Waals surface area (Å²) in [7, 11) is 1.63. The van der Waals surface area contributed by atoms with E-state index in [9.17, 15) is 4.79 Å². The van der Waals surface area contributed by atoms with Crippen LogP contribution in [-0.4, -0.2) is 26.2 Å². The van der Waals surface area contributed by atoms with Crippen LogP contribution in [0.4, 0.5) is 5.69 Å². The van der Waals surface area contributed by atoms with Crippen molar-refractivity contribution in [2.24, 2.45) is 0 Å². The minimum Gasteiger partial charge on any atom is -0.497 e. The highest BCUT2D eigenvalue weighted by atomic mass is 16.5. The van der Waals surface area contributed by atoms with E-state index in [1.54, 1.807) is 14.0 Å². The Morgan fingerprint density at radius 2 is 2.19 bits per heavy atom. The molecule has 4 heteroatoms. The summed E-state index contributed by atoms with van der Waals surface area (Å²) in [6.45, 7) is 4.33. The second-order valence-electron chi connectivity index (χ2n) is 3.34. The molecule has 0 bridgehead atoms. The van der Waals surface area contributed by atoms with E-state index in [0.717, 1.165) is 17.0 Å². The molecule has 0 saturated heterocycles. The molecule has 0 heterocycles. The lowest BCUT2D eigenvalue weighted by atomic mass is 10.2. The minimum atomic E-state index is -0.252. The molecule has 0 aliphatic rings. The highest BCUT2D eigenvalue weighted by Gasteiger charge is 2.03. The Kier molecular flexibility index (Phi) is 4.64. The van der Waals surface area contributed by atoms with Crippen LogP contribution in [0.2, 0.25) is 0 Å². The lowest BCUT2D eigenvalue weighted by molar-refractivity contribution is -0.140. The monoisotopic (exact) mass is 223 g/mol. The highest BCUT2D eigenvalue weighted by molar-refractivity contribution is 5.75. The molecule has 1 aromatic carbocycles. The van der Waals surface area contributed by atoms with Crippen LogP contribution >= 0.6 is 0 Å². The summed E-state index contributed by atoms with van der Waals surface area (Å²) in [6.07, 6.45) is 0. The zero-order valence-electron chi connectivity index (χ0n) is 9.87. The smallest absolute Gasteiger partial charge is 0.325 e. The third-order valence-electron chi connectivity index (χ3n) is 2.16. The molecule has 1 rings (SSSR count). The van der Waals surface area contributed by atoms with E-state index in [2.05, 4.69) is 5.32 Å². The number of nitrogens with one attached hydrogen (secondary N) is 1. The van der Waals surface area contributed by atoms with E-state index < -0.39 is 0 Å². The number of esters is 1. The first-order valence-electron chi connectivity index (χ1n) is 5.21. The van der Waals surface area contributed by atoms with Crippen molar-refractivity contribution in [3.05, 3.63) is 23.8 Å². The Balaban J connectivity index is 2.57. The van der Waals surface area contributed by atoms with Crippen molar-refractivity contribution in [3.8, 4) is 5.75 Å². The number of anilines is 1. The van der Waals surface area contributed by atoms with Crippen LogP contribution in [0.1, 0.15) is 12.5 Å². The van der Waals surface area contributed by atoms with Crippen molar-refractivity contribution in [2.45, 2.75) is 13.8 Å². The fourth-order valence-corrected chi connectivity index (χ4v) is 1.34. The summed E-state index contributed by atoms with van der Waals surface area (Å²) in [4.78, 5) is 11.1. The number of carbonyl (C=O) groups excluding carboxylic acids is 1. The Morgan fingerprint density at radius 1 is 1.44 bits per heavy atom. The molecule has 1 N–H and O–H groups in total. The number of hydrogen-bond donors (Lipinski definition) is 1. The van der Waals surface area contributed by atoms with Crippen LogP contribution in [0, 0.1) is 6.92 Å². The molecule has 1 aromatic rings. The fraction of sp³-hybridized carbons (Fsp3) is 0.417. The quantitative estimate of drug-likeness (QED) is 0.775. The topological polar surface area (TPSA) is 47.6 Å². The van der Waals surface area contributed by atoms with Gasteiger partial charge in [0.15, 0.2) is 0 Å². The summed E-state index contributed by atoms with van der Waals surface area (Å²) >= 11 is 0. The SMILES string of the molecule is CCOC(=O)CNc1ccc(OC)cc1C. The van der Waals surface area contributed by atoms with Crippen molar-refractivity contribution in [1.82, 2.24) is 0 Å². The van der Waals surface area contributed by atoms with Gasteiger partial charge in [0.1, 0.15) is 12.3 Å². The predicted octanol–water partition coefficient (Wildman–Crippen LogP) is 1.98. The van der Waals surface area contributed by atoms with Crippen molar-refractivity contribution in [3.63, 3.8) is 0 Å². The zero-order valence-corrected chi connectivity index (χ0v) is 9.87. The molecule has 0 radical (unpaired) electrons. The van der Waals surface area contributed by atoms with Gasteiger partial charge in [0, 0.05) is 5.69 Å². The maximum absolute atomic E-state index is 11.1. The van der Waals surface area contributed by atoms with Crippen LogP contribution in [0.5, 0.6) is 5.75 Å². The van der Waals surface area contributed by atoms with Gasteiger partial charge in [-0.15, -0.1) is 0 Å². The lowest BCUT2D eigenvalue weighted by Crippen LogP contribution is -2.17. The number of rotatable bonds is 5. The third-order valence-corrected chi connectivity index (χ3v) is 2.16. The second kappa shape index (κ2) is 6.00. The number of benzene rings is 1. The van der Waals surface area contributed by atoms with Crippen molar-refractivity contribution in [1.29, 1.82) is 0 Å². The molecule has 4 nitrogen and oxygen atoms in total. The standard InChI is InChI=1S/C12H17NO3/c1-4-16-12(14)8-13-11-6-5-10(15-3)7-9(11)2/h5-7,13H,4,8H2,1-3H3. The van der Waals surface area contributed by atoms with Crippen molar-refractivity contribution in [2.75, 3.05) is 25.6 Å². The van der Waals surface area contributed by atoms with Gasteiger partial charge < -0.3 is 14.8 Å². The molecule has 0 saturated carbocycles. The molecule has 0 aromatic heterocycles. The normalized spacial score (nSPS) is 9.69. The number of hydrogen-bond acceptors (Lipinski definition) is 4. The average molecular weight is 223 g/mol. The number of ether oxygens (including phenoxy) is 2. The maximum atomic E-state index is 11.1. The van der Waals surface area contributed by atoms with Crippen molar-refractivity contribution >= 4 is 11.7 Å². The molecule has 0 aliphatic carbocycles. The number of carbonyl (C=O) groups is 1. The van der Waals surface area contributed by atoms with Gasteiger partial charge in [-0.25, -0.2) is 0 Å². The van der Waals surface area contributed by atoms with Crippen LogP contribution in [0.15, 0.2) is 18.2 Å². The van der Waals surface area contributed by atoms with Gasteiger partial charge in [0.2, 0.25) is 0 Å². The van der Waals surface area contributed by atoms with Gasteiger partial charge in [-0.1, -0.05) is 0 Å². The Labute approximate surface area is 95.6 Å². The van der Waals surface area contributed by atoms with Gasteiger partial charge in [-0.05, 0) is 37.6 Å². The molecule has 0 fully saturated rings. The zero-order chi connectivity index (χ0) is 12.0. The van der Waals surface area contributed by atoms with E-state index in [4.69, 9.17) is 9.47 Å². The summed E-state index contributed by atoms with van der Waals surface area (Å²) < 4.78 is 9.92. The molecule has 0 aliphatic heterocycles. The number of methoxy groups -OCH3 is 1. The maximum Gasteiger partial charge on any atom is 0.325 e. The van der Waals surface area contributed by atoms with Gasteiger partial charge in [-0.2, -0.15) is 0 Å². The highest BCUT2D eigenvalue weighted by Crippen LogP contribution is 2.20. The molecule has 88 valence electrons. The Morgan fingerprint density at radius 3 is 2.75 bits per heavy atom. The molecule has 0 atom stereocenters. The lowest BCUT2D eigenvalue weighted by Gasteiger charge is -2.10. The summed E-state index contributed by atoms with van der Waals surface area (Å²) in [5.74, 6) is 0.553. The van der Waals surface area contributed by atoms with E-state index in [-0.39, 0.29) is 12.5 Å². The molecule has 0 spiro atoms. The van der Waals surface area contributed by atoms with Crippen LogP contribution < -0.4 is 10.1 Å². The Bertz CT molecular complexity index is 363. The first-order valence-corrected chi connectivity index (χ1v) is 5.21. The van der Waals surface area contributed by atoms with Crippen molar-refractivity contribution < 1.29 is 14.3 Å². The van der Waals surface area contributed by atoms with E-state index >= 15 is 0 Å². The minimum absolute atomic E-state index is 0.182. The molecule has 0 unspecified atom stereocenters. The molecular formula is C12H17NO3. The Hall–Kier alpha value is -1.71. The van der Waals surface area contributed by atoms with Gasteiger partial charge in [-0.3, -0.25) is 4.79 Å². The first-order chi connectivity index (χ1) is 7.67. The summed E-state index contributed by atoms with van der Waals surface area (Å²) in [5.41, 5.74) is 1.94. The largest absolute Gasteiger partial charge is 0.497 e. The van der Waals surface area contributed by atoms with Gasteiger partial charge in [0.05, 0.1) is 13.7 Å². The van der Waals surface area contributed by atoms with Crippen LogP contribution in [-0.2, 0) is 9.53 Å². The molecular weight excluding hydrogens is 206 g/mol. The summed E-state index contributed by atoms with van der Waals surface area (Å²) in [5, 5.41) is 3.02.